The van der Waals surface area contributed by atoms with Crippen LogP contribution in [-0.4, -0.2) is 18.1 Å². The maximum atomic E-state index is 12.5. The minimum Gasteiger partial charge on any atom is -0.330 e. The van der Waals surface area contributed by atoms with E-state index in [-0.39, 0.29) is 5.92 Å². The third-order valence-corrected chi connectivity index (χ3v) is 4.80. The quantitative estimate of drug-likeness (QED) is 0.913. The van der Waals surface area contributed by atoms with E-state index < -0.39 is 11.7 Å². The second-order valence-electron chi connectivity index (χ2n) is 4.91. The Morgan fingerprint density at radius 2 is 1.74 bits per heavy atom. The van der Waals surface area contributed by atoms with Crippen molar-refractivity contribution in [1.82, 2.24) is 0 Å². The average molecular weight is 289 g/mol. The molecule has 1 aliphatic heterocycles. The Morgan fingerprint density at radius 1 is 1.16 bits per heavy atom. The van der Waals surface area contributed by atoms with Crippen molar-refractivity contribution < 1.29 is 13.2 Å². The lowest BCUT2D eigenvalue weighted by atomic mass is 9.82. The molecule has 1 unspecified atom stereocenters. The van der Waals surface area contributed by atoms with E-state index >= 15 is 0 Å². The van der Waals surface area contributed by atoms with Crippen LogP contribution in [0.15, 0.2) is 24.3 Å². The molecular weight excluding hydrogens is 271 g/mol. The lowest BCUT2D eigenvalue weighted by molar-refractivity contribution is -0.137. The molecule has 1 saturated heterocycles. The molecule has 1 nitrogen and oxygen atoms in total. The summed E-state index contributed by atoms with van der Waals surface area (Å²) in [6.45, 7) is 0.501. The van der Waals surface area contributed by atoms with Gasteiger partial charge in [0.05, 0.1) is 5.56 Å². The summed E-state index contributed by atoms with van der Waals surface area (Å²) in [7, 11) is 0. The summed E-state index contributed by atoms with van der Waals surface area (Å²) in [4.78, 5) is 0. The van der Waals surface area contributed by atoms with Crippen molar-refractivity contribution in [2.45, 2.75) is 24.9 Å². The molecule has 0 spiro atoms. The summed E-state index contributed by atoms with van der Waals surface area (Å²) >= 11 is 1.94. The number of thioether (sulfide) groups is 1. The summed E-state index contributed by atoms with van der Waals surface area (Å²) in [5.41, 5.74) is 6.18. The first kappa shape index (κ1) is 14.7. The number of hydrogen-bond donors (Lipinski definition) is 1. The van der Waals surface area contributed by atoms with Gasteiger partial charge < -0.3 is 5.73 Å². The van der Waals surface area contributed by atoms with E-state index in [1.54, 1.807) is 12.1 Å². The highest BCUT2D eigenvalue weighted by Gasteiger charge is 2.31. The standard InChI is InChI=1S/C14H18F3NS/c15-14(16,17)12-3-1-10(2-4-12)13(9-18)11-5-7-19-8-6-11/h1-4,11,13H,5-9,18H2. The molecule has 0 radical (unpaired) electrons. The van der Waals surface area contributed by atoms with Crippen LogP contribution in [0.25, 0.3) is 0 Å². The van der Waals surface area contributed by atoms with Crippen LogP contribution in [0.1, 0.15) is 29.9 Å². The van der Waals surface area contributed by atoms with E-state index in [4.69, 9.17) is 5.73 Å². The van der Waals surface area contributed by atoms with Crippen LogP contribution in [0.4, 0.5) is 13.2 Å². The first-order valence-electron chi connectivity index (χ1n) is 6.47. The van der Waals surface area contributed by atoms with Gasteiger partial charge in [-0.1, -0.05) is 12.1 Å². The zero-order chi connectivity index (χ0) is 13.9. The first-order valence-corrected chi connectivity index (χ1v) is 7.63. The molecule has 1 aromatic carbocycles. The van der Waals surface area contributed by atoms with Crippen LogP contribution in [0.5, 0.6) is 0 Å². The normalized spacial score (nSPS) is 19.4. The van der Waals surface area contributed by atoms with Gasteiger partial charge in [-0.3, -0.25) is 0 Å². The van der Waals surface area contributed by atoms with Gasteiger partial charge in [0.15, 0.2) is 0 Å². The zero-order valence-corrected chi connectivity index (χ0v) is 11.4. The van der Waals surface area contributed by atoms with Gasteiger partial charge in [0.25, 0.3) is 0 Å². The smallest absolute Gasteiger partial charge is 0.330 e. The molecule has 0 aliphatic carbocycles. The fourth-order valence-corrected chi connectivity index (χ4v) is 3.78. The minimum atomic E-state index is -4.27. The summed E-state index contributed by atoms with van der Waals surface area (Å²) in [6, 6.07) is 5.50. The van der Waals surface area contributed by atoms with Crippen LogP contribution in [-0.2, 0) is 6.18 Å². The topological polar surface area (TPSA) is 26.0 Å². The molecule has 0 bridgehead atoms. The maximum absolute atomic E-state index is 12.5. The van der Waals surface area contributed by atoms with E-state index in [1.165, 1.54) is 0 Å². The number of rotatable bonds is 3. The molecule has 19 heavy (non-hydrogen) atoms. The molecule has 2 N–H and O–H groups in total. The predicted octanol–water partition coefficient (Wildman–Crippen LogP) is 3.89. The van der Waals surface area contributed by atoms with Gasteiger partial charge in [-0.05, 0) is 60.4 Å². The lowest BCUT2D eigenvalue weighted by Crippen LogP contribution is -2.25. The van der Waals surface area contributed by atoms with Gasteiger partial charge in [0, 0.05) is 0 Å². The molecule has 5 heteroatoms. The second kappa shape index (κ2) is 6.18. The monoisotopic (exact) mass is 289 g/mol. The van der Waals surface area contributed by atoms with Crippen molar-refractivity contribution in [3.8, 4) is 0 Å². The number of nitrogens with two attached hydrogens (primary N) is 1. The molecule has 1 fully saturated rings. The van der Waals surface area contributed by atoms with E-state index in [1.807, 2.05) is 11.8 Å². The van der Waals surface area contributed by atoms with Gasteiger partial charge >= 0.3 is 6.18 Å². The summed E-state index contributed by atoms with van der Waals surface area (Å²) in [5, 5.41) is 0. The predicted molar refractivity (Wildman–Crippen MR) is 73.3 cm³/mol. The van der Waals surface area contributed by atoms with Crippen molar-refractivity contribution >= 4 is 11.8 Å². The molecule has 0 saturated carbocycles. The largest absolute Gasteiger partial charge is 0.416 e. The average Bonchev–Trinajstić information content (AvgIpc) is 2.40. The SMILES string of the molecule is NCC(c1ccc(C(F)(F)F)cc1)C1CCSCC1. The molecule has 106 valence electrons. The Kier molecular flexibility index (Phi) is 4.79. The summed E-state index contributed by atoms with van der Waals surface area (Å²) in [6.07, 6.45) is -2.06. The van der Waals surface area contributed by atoms with E-state index in [9.17, 15) is 13.2 Å². The van der Waals surface area contributed by atoms with Gasteiger partial charge in [-0.15, -0.1) is 0 Å². The third-order valence-electron chi connectivity index (χ3n) is 3.76. The highest BCUT2D eigenvalue weighted by Crippen LogP contribution is 2.36. The highest BCUT2D eigenvalue weighted by molar-refractivity contribution is 7.99. The molecule has 1 atom stereocenters. The van der Waals surface area contributed by atoms with E-state index in [0.29, 0.717) is 12.5 Å². The Morgan fingerprint density at radius 3 is 2.21 bits per heavy atom. The molecule has 2 rings (SSSR count). The van der Waals surface area contributed by atoms with Gasteiger partial charge in [-0.2, -0.15) is 24.9 Å². The second-order valence-corrected chi connectivity index (χ2v) is 6.14. The number of hydrogen-bond acceptors (Lipinski definition) is 2. The number of alkyl halides is 3. The number of halogens is 3. The van der Waals surface area contributed by atoms with E-state index in [0.717, 1.165) is 42.0 Å². The summed E-state index contributed by atoms with van der Waals surface area (Å²) < 4.78 is 37.6. The lowest BCUT2D eigenvalue weighted by Gasteiger charge is -2.29. The van der Waals surface area contributed by atoms with Crippen LogP contribution in [0.2, 0.25) is 0 Å². The minimum absolute atomic E-state index is 0.184. The van der Waals surface area contributed by atoms with Gasteiger partial charge in [0.2, 0.25) is 0 Å². The molecule has 1 aromatic rings. The summed E-state index contributed by atoms with van der Waals surface area (Å²) in [5.74, 6) is 2.94. The van der Waals surface area contributed by atoms with Crippen molar-refractivity contribution in [2.24, 2.45) is 11.7 Å². The fourth-order valence-electron chi connectivity index (χ4n) is 2.64. The Balaban J connectivity index is 2.14. The van der Waals surface area contributed by atoms with Crippen LogP contribution < -0.4 is 5.73 Å². The van der Waals surface area contributed by atoms with Gasteiger partial charge in [-0.25, -0.2) is 0 Å². The van der Waals surface area contributed by atoms with Gasteiger partial charge in [0.1, 0.15) is 0 Å². The molecule has 0 amide bonds. The Bertz CT molecular complexity index is 396. The zero-order valence-electron chi connectivity index (χ0n) is 10.6. The first-order chi connectivity index (χ1) is 9.02. The van der Waals surface area contributed by atoms with Crippen molar-refractivity contribution in [2.75, 3.05) is 18.1 Å². The fraction of sp³-hybridized carbons (Fsp3) is 0.571. The number of benzene rings is 1. The van der Waals surface area contributed by atoms with Crippen LogP contribution >= 0.6 is 11.8 Å². The van der Waals surface area contributed by atoms with Crippen LogP contribution in [0.3, 0.4) is 0 Å². The Hall–Kier alpha value is -0.680. The third kappa shape index (κ3) is 3.66. The van der Waals surface area contributed by atoms with Crippen molar-refractivity contribution in [3.05, 3.63) is 35.4 Å². The maximum Gasteiger partial charge on any atom is 0.416 e. The molecule has 1 aliphatic rings. The molecule has 1 heterocycles. The highest BCUT2D eigenvalue weighted by atomic mass is 32.2. The van der Waals surface area contributed by atoms with E-state index in [2.05, 4.69) is 0 Å². The molecule has 0 aromatic heterocycles. The molecular formula is C14H18F3NS. The Labute approximate surface area is 115 Å². The van der Waals surface area contributed by atoms with Crippen molar-refractivity contribution in [1.29, 1.82) is 0 Å². The van der Waals surface area contributed by atoms with Crippen LogP contribution in [0, 0.1) is 5.92 Å². The van der Waals surface area contributed by atoms with Crippen molar-refractivity contribution in [3.63, 3.8) is 0 Å².